The predicted octanol–water partition coefficient (Wildman–Crippen LogP) is 5.65. The van der Waals surface area contributed by atoms with Crippen LogP contribution in [-0.2, 0) is 0 Å². The van der Waals surface area contributed by atoms with Crippen LogP contribution in [0.15, 0.2) is 36.4 Å². The smallest absolute Gasteiger partial charge is 0.00368 e. The van der Waals surface area contributed by atoms with Gasteiger partial charge in [0.15, 0.2) is 0 Å². The Morgan fingerprint density at radius 3 is 1.19 bits per heavy atom. The molecule has 0 aliphatic heterocycles. The van der Waals surface area contributed by atoms with Gasteiger partial charge < -0.3 is 0 Å². The first-order chi connectivity index (χ1) is 7.91. The van der Waals surface area contributed by atoms with Crippen molar-refractivity contribution in [1.29, 1.82) is 0 Å². The molecule has 16 heavy (non-hydrogen) atoms. The van der Waals surface area contributed by atoms with Crippen LogP contribution < -0.4 is 0 Å². The molecule has 1 aromatic rings. The van der Waals surface area contributed by atoms with Crippen molar-refractivity contribution in [3.05, 3.63) is 36.4 Å². The van der Waals surface area contributed by atoms with Gasteiger partial charge in [0, 0.05) is 11.5 Å². The highest BCUT2D eigenvalue weighted by atomic mass is 33.1. The van der Waals surface area contributed by atoms with E-state index in [-0.39, 0.29) is 0 Å². The number of rotatable bonds is 7. The summed E-state index contributed by atoms with van der Waals surface area (Å²) in [4.78, 5) is 0. The van der Waals surface area contributed by atoms with E-state index in [4.69, 9.17) is 0 Å². The molecule has 0 amide bonds. The van der Waals surface area contributed by atoms with Crippen molar-refractivity contribution in [3.8, 4) is 0 Å². The fraction of sp³-hybridized carbons (Fsp3) is 0.571. The zero-order valence-corrected chi connectivity index (χ0v) is 12.2. The van der Waals surface area contributed by atoms with E-state index in [2.05, 4.69) is 13.8 Å². The Bertz CT molecular complexity index is 164. The number of hydrogen-bond donors (Lipinski definition) is 0. The summed E-state index contributed by atoms with van der Waals surface area (Å²) in [6, 6.07) is 12.0. The van der Waals surface area contributed by atoms with Crippen molar-refractivity contribution in [2.45, 2.75) is 39.5 Å². The fourth-order valence-corrected chi connectivity index (χ4v) is 3.37. The monoisotopic (exact) mass is 256 g/mol. The summed E-state index contributed by atoms with van der Waals surface area (Å²) in [5, 5.41) is 0. The Morgan fingerprint density at radius 1 is 0.625 bits per heavy atom. The molecule has 2 heteroatoms. The summed E-state index contributed by atoms with van der Waals surface area (Å²) in [5.41, 5.74) is 0. The molecule has 1 rings (SSSR count). The Morgan fingerprint density at radius 2 is 0.938 bits per heavy atom. The van der Waals surface area contributed by atoms with Gasteiger partial charge in [-0.3, -0.25) is 0 Å². The quantitative estimate of drug-likeness (QED) is 0.456. The van der Waals surface area contributed by atoms with Gasteiger partial charge >= 0.3 is 0 Å². The molecular formula is C14H24S2. The molecule has 0 unspecified atom stereocenters. The number of hydrogen-bond acceptors (Lipinski definition) is 2. The van der Waals surface area contributed by atoms with Crippen molar-refractivity contribution in [2.24, 2.45) is 0 Å². The lowest BCUT2D eigenvalue weighted by Crippen LogP contribution is -1.76. The zero-order chi connectivity index (χ0) is 11.9. The van der Waals surface area contributed by atoms with Crippen LogP contribution in [0.3, 0.4) is 0 Å². The van der Waals surface area contributed by atoms with E-state index in [0.29, 0.717) is 0 Å². The lowest BCUT2D eigenvalue weighted by atomic mass is 10.4. The average molecular weight is 256 g/mol. The average Bonchev–Trinajstić information content (AvgIpc) is 2.37. The van der Waals surface area contributed by atoms with Crippen LogP contribution in [0.4, 0.5) is 0 Å². The van der Waals surface area contributed by atoms with Gasteiger partial charge in [-0.05, 0) is 12.8 Å². The van der Waals surface area contributed by atoms with E-state index in [1.165, 1.54) is 37.2 Å². The first kappa shape index (κ1) is 15.9. The van der Waals surface area contributed by atoms with E-state index >= 15 is 0 Å². The summed E-state index contributed by atoms with van der Waals surface area (Å²) in [7, 11) is 4.07. The third-order valence-electron chi connectivity index (χ3n) is 1.91. The second-order valence-corrected chi connectivity index (χ2v) is 6.21. The normalized spacial score (nSPS) is 9.38. The molecule has 0 aromatic heterocycles. The van der Waals surface area contributed by atoms with Crippen molar-refractivity contribution < 1.29 is 0 Å². The van der Waals surface area contributed by atoms with E-state index in [1.54, 1.807) is 0 Å². The second kappa shape index (κ2) is 14.9. The van der Waals surface area contributed by atoms with Gasteiger partial charge in [0.2, 0.25) is 0 Å². The van der Waals surface area contributed by atoms with Crippen molar-refractivity contribution in [3.63, 3.8) is 0 Å². The summed E-state index contributed by atoms with van der Waals surface area (Å²) >= 11 is 0. The van der Waals surface area contributed by atoms with Gasteiger partial charge in [-0.1, -0.05) is 84.7 Å². The molecule has 0 spiro atoms. The van der Waals surface area contributed by atoms with E-state index < -0.39 is 0 Å². The Hall–Kier alpha value is -0.0800. The van der Waals surface area contributed by atoms with Crippen LogP contribution in [0.2, 0.25) is 0 Å². The van der Waals surface area contributed by atoms with Gasteiger partial charge in [0.1, 0.15) is 0 Å². The molecular weight excluding hydrogens is 232 g/mol. The van der Waals surface area contributed by atoms with Crippen LogP contribution in [0.1, 0.15) is 39.5 Å². The van der Waals surface area contributed by atoms with E-state index in [0.717, 1.165) is 0 Å². The highest BCUT2D eigenvalue weighted by Gasteiger charge is 1.88. The van der Waals surface area contributed by atoms with Crippen LogP contribution in [0.5, 0.6) is 0 Å². The Balaban J connectivity index is 0.000000315. The lowest BCUT2D eigenvalue weighted by Gasteiger charge is -1.97. The standard InChI is InChI=1S/C8H18S2.C6H6/c1-3-5-7-9-10-8-6-4-2;1-2-4-6-5-3-1/h3-8H2,1-2H3;1-6H. The second-order valence-electron chi connectivity index (χ2n) is 3.51. The van der Waals surface area contributed by atoms with Crippen molar-refractivity contribution >= 4 is 21.6 Å². The minimum absolute atomic E-state index is 1.33. The van der Waals surface area contributed by atoms with Gasteiger partial charge in [0.05, 0.1) is 0 Å². The first-order valence-corrected chi connectivity index (χ1v) is 8.65. The number of unbranched alkanes of at least 4 members (excludes halogenated alkanes) is 2. The van der Waals surface area contributed by atoms with Crippen LogP contribution >= 0.6 is 21.6 Å². The SMILES string of the molecule is CCCCSSCCCC.c1ccccc1. The molecule has 0 heterocycles. The van der Waals surface area contributed by atoms with Crippen molar-refractivity contribution in [1.82, 2.24) is 0 Å². The van der Waals surface area contributed by atoms with E-state index in [1.807, 2.05) is 58.0 Å². The van der Waals surface area contributed by atoms with Crippen LogP contribution in [-0.4, -0.2) is 11.5 Å². The third-order valence-corrected chi connectivity index (χ3v) is 4.49. The summed E-state index contributed by atoms with van der Waals surface area (Å²) in [6.07, 6.45) is 5.43. The molecule has 92 valence electrons. The largest absolute Gasteiger partial charge is 0.0942 e. The summed E-state index contributed by atoms with van der Waals surface area (Å²) in [6.45, 7) is 4.49. The molecule has 1 aromatic carbocycles. The minimum Gasteiger partial charge on any atom is -0.0942 e. The predicted molar refractivity (Wildman–Crippen MR) is 81.2 cm³/mol. The Kier molecular flexibility index (Phi) is 14.8. The maximum Gasteiger partial charge on any atom is 0.00368 e. The molecule has 0 bridgehead atoms. The highest BCUT2D eigenvalue weighted by Crippen LogP contribution is 2.23. The van der Waals surface area contributed by atoms with E-state index in [9.17, 15) is 0 Å². The summed E-state index contributed by atoms with van der Waals surface area (Å²) < 4.78 is 0. The molecule has 0 aliphatic rings. The van der Waals surface area contributed by atoms with Gasteiger partial charge in [-0.15, -0.1) is 0 Å². The maximum absolute atomic E-state index is 2.25. The molecule has 0 fully saturated rings. The molecule has 0 N–H and O–H groups in total. The molecule has 0 radical (unpaired) electrons. The van der Waals surface area contributed by atoms with Gasteiger partial charge in [-0.2, -0.15) is 0 Å². The lowest BCUT2D eigenvalue weighted by molar-refractivity contribution is 0.895. The molecule has 0 atom stereocenters. The summed E-state index contributed by atoms with van der Waals surface area (Å²) in [5.74, 6) is 2.68. The molecule has 0 nitrogen and oxygen atoms in total. The molecule has 0 saturated heterocycles. The topological polar surface area (TPSA) is 0 Å². The number of benzene rings is 1. The highest BCUT2D eigenvalue weighted by molar-refractivity contribution is 8.76. The van der Waals surface area contributed by atoms with Crippen LogP contribution in [0, 0.1) is 0 Å². The maximum atomic E-state index is 2.25. The zero-order valence-electron chi connectivity index (χ0n) is 10.5. The van der Waals surface area contributed by atoms with Crippen LogP contribution in [0.25, 0.3) is 0 Å². The van der Waals surface area contributed by atoms with Gasteiger partial charge in [0.25, 0.3) is 0 Å². The molecule has 0 aliphatic carbocycles. The molecule has 0 saturated carbocycles. The van der Waals surface area contributed by atoms with Crippen molar-refractivity contribution in [2.75, 3.05) is 11.5 Å². The minimum atomic E-state index is 1.33. The first-order valence-electron chi connectivity index (χ1n) is 6.16. The third kappa shape index (κ3) is 13.9. The fourth-order valence-electron chi connectivity index (χ4n) is 0.909. The Labute approximate surface area is 109 Å². The van der Waals surface area contributed by atoms with Gasteiger partial charge in [-0.25, -0.2) is 0 Å².